The van der Waals surface area contributed by atoms with Crippen LogP contribution in [0.3, 0.4) is 0 Å². The summed E-state index contributed by atoms with van der Waals surface area (Å²) >= 11 is 3.35. The predicted molar refractivity (Wildman–Crippen MR) is 68.3 cm³/mol. The van der Waals surface area contributed by atoms with Crippen LogP contribution < -0.4 is 0 Å². The summed E-state index contributed by atoms with van der Waals surface area (Å²) in [7, 11) is -2.97. The Morgan fingerprint density at radius 2 is 2.12 bits per heavy atom. The molecule has 0 saturated carbocycles. The highest BCUT2D eigenvalue weighted by atomic mass is 79.9. The van der Waals surface area contributed by atoms with Crippen molar-refractivity contribution in [1.29, 1.82) is 0 Å². The van der Waals surface area contributed by atoms with Gasteiger partial charge in [-0.15, -0.1) is 0 Å². The second kappa shape index (κ2) is 5.80. The van der Waals surface area contributed by atoms with Gasteiger partial charge in [-0.1, -0.05) is 28.1 Å². The third-order valence-electron chi connectivity index (χ3n) is 2.38. The summed E-state index contributed by atoms with van der Waals surface area (Å²) in [6, 6.07) is 7.58. The van der Waals surface area contributed by atoms with Crippen molar-refractivity contribution in [2.75, 3.05) is 18.6 Å². The van der Waals surface area contributed by atoms with Crippen LogP contribution in [0.5, 0.6) is 0 Å². The van der Waals surface area contributed by atoms with E-state index in [-0.39, 0.29) is 18.3 Å². The molecule has 16 heavy (non-hydrogen) atoms. The van der Waals surface area contributed by atoms with Gasteiger partial charge in [-0.2, -0.15) is 0 Å². The maximum atomic E-state index is 11.1. The molecule has 0 saturated heterocycles. The van der Waals surface area contributed by atoms with Crippen molar-refractivity contribution in [3.8, 4) is 0 Å². The molecule has 1 aromatic rings. The van der Waals surface area contributed by atoms with Gasteiger partial charge in [0.15, 0.2) is 0 Å². The first-order chi connectivity index (χ1) is 7.42. The first-order valence-electron chi connectivity index (χ1n) is 4.96. The third kappa shape index (κ3) is 4.63. The fraction of sp³-hybridized carbons (Fsp3) is 0.455. The molecule has 0 amide bonds. The molecule has 0 aliphatic rings. The molecule has 1 aromatic carbocycles. The van der Waals surface area contributed by atoms with Gasteiger partial charge in [-0.3, -0.25) is 0 Å². The van der Waals surface area contributed by atoms with E-state index in [1.807, 2.05) is 24.3 Å². The van der Waals surface area contributed by atoms with Crippen LogP contribution in [0.15, 0.2) is 28.7 Å². The molecule has 0 radical (unpaired) electrons. The van der Waals surface area contributed by atoms with E-state index in [0.29, 0.717) is 6.42 Å². The maximum absolute atomic E-state index is 11.1. The largest absolute Gasteiger partial charge is 0.396 e. The maximum Gasteiger partial charge on any atom is 0.147 e. The zero-order valence-corrected chi connectivity index (χ0v) is 11.5. The molecule has 1 rings (SSSR count). The summed E-state index contributed by atoms with van der Waals surface area (Å²) < 4.78 is 23.1. The standard InChI is InChI=1S/C11H15BrO3S/c1-16(14,15)6-5-10(8-13)9-3-2-4-11(12)7-9/h2-4,7,10,13H,5-6,8H2,1H3. The van der Waals surface area contributed by atoms with Gasteiger partial charge in [-0.25, -0.2) is 8.42 Å². The summed E-state index contributed by atoms with van der Waals surface area (Å²) in [4.78, 5) is 0. The molecule has 0 aliphatic heterocycles. The van der Waals surface area contributed by atoms with Gasteiger partial charge < -0.3 is 5.11 Å². The van der Waals surface area contributed by atoms with Gasteiger partial charge in [0.25, 0.3) is 0 Å². The van der Waals surface area contributed by atoms with Gasteiger partial charge in [0.2, 0.25) is 0 Å². The minimum absolute atomic E-state index is 0.0357. The van der Waals surface area contributed by atoms with Crippen molar-refractivity contribution >= 4 is 25.8 Å². The molecule has 5 heteroatoms. The molecular formula is C11H15BrO3S. The molecule has 0 heterocycles. The first kappa shape index (κ1) is 13.7. The van der Waals surface area contributed by atoms with Crippen LogP contribution in [0.4, 0.5) is 0 Å². The van der Waals surface area contributed by atoms with Crippen LogP contribution in [0.1, 0.15) is 17.9 Å². The van der Waals surface area contributed by atoms with Crippen molar-refractivity contribution < 1.29 is 13.5 Å². The molecule has 90 valence electrons. The summed E-state index contributed by atoms with van der Waals surface area (Å²) in [5.41, 5.74) is 0.959. The second-order valence-electron chi connectivity index (χ2n) is 3.85. The van der Waals surface area contributed by atoms with Gasteiger partial charge in [0.1, 0.15) is 9.84 Å². The molecular weight excluding hydrogens is 292 g/mol. The molecule has 3 nitrogen and oxygen atoms in total. The van der Waals surface area contributed by atoms with Crippen LogP contribution in [0.2, 0.25) is 0 Å². The average Bonchev–Trinajstić information content (AvgIpc) is 2.17. The lowest BCUT2D eigenvalue weighted by Crippen LogP contribution is -2.11. The fourth-order valence-electron chi connectivity index (χ4n) is 1.48. The molecule has 0 aliphatic carbocycles. The van der Waals surface area contributed by atoms with Crippen LogP contribution in [0.25, 0.3) is 0 Å². The van der Waals surface area contributed by atoms with E-state index in [9.17, 15) is 13.5 Å². The number of hydrogen-bond donors (Lipinski definition) is 1. The van der Waals surface area contributed by atoms with E-state index in [1.54, 1.807) is 0 Å². The van der Waals surface area contributed by atoms with E-state index in [4.69, 9.17) is 0 Å². The molecule has 1 N–H and O–H groups in total. The van der Waals surface area contributed by atoms with E-state index >= 15 is 0 Å². The van der Waals surface area contributed by atoms with Gasteiger partial charge in [0.05, 0.1) is 5.75 Å². The highest BCUT2D eigenvalue weighted by Gasteiger charge is 2.13. The molecule has 0 fully saturated rings. The summed E-state index contributed by atoms with van der Waals surface area (Å²) in [5, 5.41) is 9.26. The van der Waals surface area contributed by atoms with Crippen molar-refractivity contribution in [1.82, 2.24) is 0 Å². The Bertz CT molecular complexity index is 442. The normalized spacial score (nSPS) is 13.7. The highest BCUT2D eigenvalue weighted by Crippen LogP contribution is 2.22. The zero-order valence-electron chi connectivity index (χ0n) is 9.06. The number of benzene rings is 1. The summed E-state index contributed by atoms with van der Waals surface area (Å²) in [6.07, 6.45) is 1.66. The Kier molecular flexibility index (Phi) is 4.95. The van der Waals surface area contributed by atoms with Crippen molar-refractivity contribution in [2.45, 2.75) is 12.3 Å². The quantitative estimate of drug-likeness (QED) is 0.905. The highest BCUT2D eigenvalue weighted by molar-refractivity contribution is 9.10. The third-order valence-corrected chi connectivity index (χ3v) is 3.85. The Morgan fingerprint density at radius 3 is 2.62 bits per heavy atom. The van der Waals surface area contributed by atoms with Crippen LogP contribution >= 0.6 is 15.9 Å². The molecule has 0 spiro atoms. The summed E-state index contributed by atoms with van der Waals surface area (Å²) in [5.74, 6) is -0.0164. The van der Waals surface area contributed by atoms with E-state index < -0.39 is 9.84 Å². The second-order valence-corrected chi connectivity index (χ2v) is 7.03. The molecule has 0 bridgehead atoms. The van der Waals surface area contributed by atoms with Gasteiger partial charge in [0, 0.05) is 23.3 Å². The van der Waals surface area contributed by atoms with Crippen LogP contribution in [-0.2, 0) is 9.84 Å². The molecule has 1 unspecified atom stereocenters. The number of aliphatic hydroxyl groups excluding tert-OH is 1. The SMILES string of the molecule is CS(=O)(=O)CCC(CO)c1cccc(Br)c1. The van der Waals surface area contributed by atoms with Crippen molar-refractivity contribution in [3.05, 3.63) is 34.3 Å². The first-order valence-corrected chi connectivity index (χ1v) is 7.82. The number of sulfone groups is 1. The van der Waals surface area contributed by atoms with Gasteiger partial charge in [-0.05, 0) is 24.1 Å². The molecule has 0 aromatic heterocycles. The lowest BCUT2D eigenvalue weighted by atomic mass is 9.98. The average molecular weight is 307 g/mol. The number of hydrogen-bond acceptors (Lipinski definition) is 3. The van der Waals surface area contributed by atoms with Crippen LogP contribution in [0, 0.1) is 0 Å². The number of halogens is 1. The smallest absolute Gasteiger partial charge is 0.147 e. The van der Waals surface area contributed by atoms with Crippen molar-refractivity contribution in [3.63, 3.8) is 0 Å². The fourth-order valence-corrected chi connectivity index (χ4v) is 2.61. The minimum Gasteiger partial charge on any atom is -0.396 e. The van der Waals surface area contributed by atoms with Gasteiger partial charge >= 0.3 is 0 Å². The van der Waals surface area contributed by atoms with Crippen molar-refractivity contribution in [2.24, 2.45) is 0 Å². The monoisotopic (exact) mass is 306 g/mol. The minimum atomic E-state index is -2.97. The Hall–Kier alpha value is -0.390. The number of rotatable bonds is 5. The van der Waals surface area contributed by atoms with E-state index in [0.717, 1.165) is 10.0 Å². The zero-order chi connectivity index (χ0) is 12.2. The Morgan fingerprint density at radius 1 is 1.44 bits per heavy atom. The van der Waals surface area contributed by atoms with E-state index in [1.165, 1.54) is 6.26 Å². The predicted octanol–water partition coefficient (Wildman–Crippen LogP) is 1.96. The number of aliphatic hydroxyl groups is 1. The Balaban J connectivity index is 2.75. The molecule has 1 atom stereocenters. The lowest BCUT2D eigenvalue weighted by Gasteiger charge is -2.14. The van der Waals surface area contributed by atoms with Crippen LogP contribution in [-0.4, -0.2) is 32.1 Å². The summed E-state index contributed by atoms with van der Waals surface area (Å²) in [6.45, 7) is -0.0357. The topological polar surface area (TPSA) is 54.4 Å². The van der Waals surface area contributed by atoms with E-state index in [2.05, 4.69) is 15.9 Å². The Labute approximate surface area is 105 Å². The lowest BCUT2D eigenvalue weighted by molar-refractivity contribution is 0.262.